The molecule has 2 aromatic rings. The quantitative estimate of drug-likeness (QED) is 0.586. The maximum atomic E-state index is 12.6. The van der Waals surface area contributed by atoms with Gasteiger partial charge in [0.15, 0.2) is 11.5 Å². The van der Waals surface area contributed by atoms with Gasteiger partial charge in [0.25, 0.3) is 5.91 Å². The molecule has 29 heavy (non-hydrogen) atoms. The molecule has 0 radical (unpaired) electrons. The highest BCUT2D eigenvalue weighted by atomic mass is 16.5. The van der Waals surface area contributed by atoms with E-state index in [1.165, 1.54) is 0 Å². The summed E-state index contributed by atoms with van der Waals surface area (Å²) in [5.41, 5.74) is 2.13. The summed E-state index contributed by atoms with van der Waals surface area (Å²) in [7, 11) is 1.59. The van der Waals surface area contributed by atoms with Gasteiger partial charge in [0.05, 0.1) is 13.7 Å². The molecule has 1 amide bonds. The molecule has 1 atom stereocenters. The number of fused-ring (bicyclic) bond motifs is 1. The van der Waals surface area contributed by atoms with E-state index in [9.17, 15) is 10.1 Å². The fraction of sp³-hybridized carbons (Fsp3) is 0.217. The number of nitriles is 1. The van der Waals surface area contributed by atoms with Crippen LogP contribution >= 0.6 is 0 Å². The minimum absolute atomic E-state index is 0.00747. The predicted octanol–water partition coefficient (Wildman–Crippen LogP) is 4.35. The van der Waals surface area contributed by atoms with Crippen molar-refractivity contribution in [1.82, 2.24) is 0 Å². The summed E-state index contributed by atoms with van der Waals surface area (Å²) in [6, 6.07) is 14.5. The first kappa shape index (κ1) is 20.0. The lowest BCUT2D eigenvalue weighted by Gasteiger charge is -2.24. The number of anilines is 1. The zero-order valence-corrected chi connectivity index (χ0v) is 16.6. The molecule has 0 saturated heterocycles. The summed E-state index contributed by atoms with van der Waals surface area (Å²) in [5.74, 6) is 1.52. The van der Waals surface area contributed by atoms with Gasteiger partial charge < -0.3 is 19.5 Å². The standard InChI is InChI=1S/C23H22N2O4/c1-4-28-20-10-8-19(9-11-20)25-23(26)18(14-24)13-17-12-16-6-5-7-21(27-3)22(16)29-15(17)2/h5-13,15H,4H2,1-3H3,(H,25,26)/b18-13-. The van der Waals surface area contributed by atoms with Crippen LogP contribution in [0.3, 0.4) is 0 Å². The molecule has 0 aliphatic carbocycles. The number of hydrogen-bond donors (Lipinski definition) is 1. The van der Waals surface area contributed by atoms with Crippen LogP contribution in [0, 0.1) is 11.3 Å². The molecule has 3 rings (SSSR count). The number of ether oxygens (including phenoxy) is 3. The predicted molar refractivity (Wildman–Crippen MR) is 111 cm³/mol. The van der Waals surface area contributed by atoms with Crippen molar-refractivity contribution in [3.8, 4) is 23.3 Å². The average Bonchev–Trinajstić information content (AvgIpc) is 2.73. The Bertz CT molecular complexity index is 1000. The number of amides is 1. The molecular formula is C23H22N2O4. The molecule has 1 unspecified atom stereocenters. The highest BCUT2D eigenvalue weighted by Crippen LogP contribution is 2.38. The van der Waals surface area contributed by atoms with E-state index >= 15 is 0 Å². The molecule has 1 heterocycles. The fourth-order valence-electron chi connectivity index (χ4n) is 2.95. The van der Waals surface area contributed by atoms with Crippen molar-refractivity contribution >= 4 is 17.7 Å². The number of hydrogen-bond acceptors (Lipinski definition) is 5. The number of methoxy groups -OCH3 is 1. The number of carbonyl (C=O) groups is 1. The third-order valence-corrected chi connectivity index (χ3v) is 4.41. The second-order valence-corrected chi connectivity index (χ2v) is 6.36. The van der Waals surface area contributed by atoms with Crippen LogP contribution in [-0.2, 0) is 4.79 Å². The number of para-hydroxylation sites is 1. The normalized spacial score (nSPS) is 15.3. The molecule has 0 aromatic heterocycles. The van der Waals surface area contributed by atoms with Crippen molar-refractivity contribution in [2.75, 3.05) is 19.0 Å². The van der Waals surface area contributed by atoms with E-state index in [-0.39, 0.29) is 11.7 Å². The number of rotatable bonds is 6. The lowest BCUT2D eigenvalue weighted by Crippen LogP contribution is -2.20. The van der Waals surface area contributed by atoms with Crippen LogP contribution in [0.4, 0.5) is 5.69 Å². The second-order valence-electron chi connectivity index (χ2n) is 6.36. The fourth-order valence-corrected chi connectivity index (χ4v) is 2.95. The molecule has 1 aliphatic heterocycles. The Balaban J connectivity index is 1.82. The first-order valence-electron chi connectivity index (χ1n) is 9.27. The largest absolute Gasteiger partial charge is 0.494 e. The van der Waals surface area contributed by atoms with Crippen molar-refractivity contribution in [2.45, 2.75) is 20.0 Å². The van der Waals surface area contributed by atoms with Crippen LogP contribution < -0.4 is 19.5 Å². The minimum atomic E-state index is -0.485. The summed E-state index contributed by atoms with van der Waals surface area (Å²) in [6.07, 6.45) is 3.12. The molecule has 6 nitrogen and oxygen atoms in total. The maximum Gasteiger partial charge on any atom is 0.266 e. The molecule has 0 fully saturated rings. The van der Waals surface area contributed by atoms with Gasteiger partial charge in [0.1, 0.15) is 23.5 Å². The van der Waals surface area contributed by atoms with Gasteiger partial charge in [-0.1, -0.05) is 12.1 Å². The smallest absolute Gasteiger partial charge is 0.266 e. The Morgan fingerprint density at radius 2 is 2.03 bits per heavy atom. The molecule has 6 heteroatoms. The van der Waals surface area contributed by atoms with Crippen molar-refractivity contribution in [2.24, 2.45) is 0 Å². The third-order valence-electron chi connectivity index (χ3n) is 4.41. The number of nitrogens with one attached hydrogen (secondary N) is 1. The number of nitrogens with zero attached hydrogens (tertiary/aromatic N) is 1. The van der Waals surface area contributed by atoms with E-state index in [1.54, 1.807) is 37.5 Å². The summed E-state index contributed by atoms with van der Waals surface area (Å²) in [5, 5.41) is 12.2. The Morgan fingerprint density at radius 3 is 2.69 bits per heavy atom. The first-order chi connectivity index (χ1) is 14.0. The van der Waals surface area contributed by atoms with E-state index in [0.717, 1.165) is 11.1 Å². The molecule has 1 N–H and O–H groups in total. The minimum Gasteiger partial charge on any atom is -0.494 e. The Kier molecular flexibility index (Phi) is 6.20. The van der Waals surface area contributed by atoms with Crippen molar-refractivity contribution in [3.63, 3.8) is 0 Å². The van der Waals surface area contributed by atoms with Crippen molar-refractivity contribution in [3.05, 3.63) is 65.3 Å². The van der Waals surface area contributed by atoms with Gasteiger partial charge in [-0.25, -0.2) is 0 Å². The Hall–Kier alpha value is -3.72. The molecule has 0 spiro atoms. The summed E-state index contributed by atoms with van der Waals surface area (Å²) >= 11 is 0. The van der Waals surface area contributed by atoms with Crippen LogP contribution in [0.15, 0.2) is 59.7 Å². The van der Waals surface area contributed by atoms with Crippen LogP contribution in [0.2, 0.25) is 0 Å². The monoisotopic (exact) mass is 390 g/mol. The van der Waals surface area contributed by atoms with Gasteiger partial charge in [0.2, 0.25) is 0 Å². The van der Waals surface area contributed by atoms with E-state index < -0.39 is 5.91 Å². The van der Waals surface area contributed by atoms with E-state index in [0.29, 0.717) is 29.5 Å². The molecule has 0 saturated carbocycles. The van der Waals surface area contributed by atoms with Crippen LogP contribution in [0.5, 0.6) is 17.2 Å². The molecule has 148 valence electrons. The first-order valence-corrected chi connectivity index (χ1v) is 9.27. The SMILES string of the molecule is CCOc1ccc(NC(=O)/C(C#N)=C\C2=Cc3cccc(OC)c3OC2C)cc1. The zero-order valence-electron chi connectivity index (χ0n) is 16.6. The highest BCUT2D eigenvalue weighted by Gasteiger charge is 2.22. The lowest BCUT2D eigenvalue weighted by molar-refractivity contribution is -0.112. The molecule has 1 aliphatic rings. The lowest BCUT2D eigenvalue weighted by atomic mass is 10.00. The van der Waals surface area contributed by atoms with Crippen LogP contribution in [-0.4, -0.2) is 25.7 Å². The van der Waals surface area contributed by atoms with Gasteiger partial charge in [-0.3, -0.25) is 4.79 Å². The molecule has 2 aromatic carbocycles. The summed E-state index contributed by atoms with van der Waals surface area (Å²) < 4.78 is 16.7. The van der Waals surface area contributed by atoms with Gasteiger partial charge in [0, 0.05) is 11.3 Å². The third kappa shape index (κ3) is 4.58. The van der Waals surface area contributed by atoms with E-state index in [2.05, 4.69) is 5.32 Å². The van der Waals surface area contributed by atoms with Crippen LogP contribution in [0.25, 0.3) is 6.08 Å². The molecular weight excluding hydrogens is 368 g/mol. The summed E-state index contributed by atoms with van der Waals surface area (Å²) in [4.78, 5) is 12.6. The van der Waals surface area contributed by atoms with Crippen LogP contribution in [0.1, 0.15) is 19.4 Å². The average molecular weight is 390 g/mol. The highest BCUT2D eigenvalue weighted by molar-refractivity contribution is 6.07. The topological polar surface area (TPSA) is 80.6 Å². The number of carbonyl (C=O) groups excluding carboxylic acids is 1. The number of benzene rings is 2. The van der Waals surface area contributed by atoms with E-state index in [1.807, 2.05) is 44.2 Å². The maximum absolute atomic E-state index is 12.6. The van der Waals surface area contributed by atoms with Gasteiger partial charge in [-0.05, 0) is 61.9 Å². The second kappa shape index (κ2) is 8.98. The van der Waals surface area contributed by atoms with Gasteiger partial charge in [-0.2, -0.15) is 5.26 Å². The van der Waals surface area contributed by atoms with Crippen molar-refractivity contribution in [1.29, 1.82) is 5.26 Å². The Morgan fingerprint density at radius 1 is 1.28 bits per heavy atom. The Labute approximate surface area is 170 Å². The molecule has 0 bridgehead atoms. The van der Waals surface area contributed by atoms with Crippen molar-refractivity contribution < 1.29 is 19.0 Å². The van der Waals surface area contributed by atoms with Gasteiger partial charge in [-0.15, -0.1) is 0 Å². The van der Waals surface area contributed by atoms with E-state index in [4.69, 9.17) is 14.2 Å². The summed E-state index contributed by atoms with van der Waals surface area (Å²) in [6.45, 7) is 4.33. The zero-order chi connectivity index (χ0) is 20.8. The van der Waals surface area contributed by atoms with Gasteiger partial charge >= 0.3 is 0 Å².